The number of para-hydroxylation sites is 1. The molecule has 1 saturated carbocycles. The molecule has 1 aliphatic heterocycles. The summed E-state index contributed by atoms with van der Waals surface area (Å²) in [5.74, 6) is -1.94. The Bertz CT molecular complexity index is 1010. The molecule has 2 aromatic carbocycles. The number of benzene rings is 2. The van der Waals surface area contributed by atoms with Crippen LogP contribution in [0.2, 0.25) is 0 Å². The monoisotopic (exact) mass is 415 g/mol. The lowest BCUT2D eigenvalue weighted by molar-refractivity contribution is -0.128. The molecule has 1 N–H and O–H groups in total. The molecule has 2 amide bonds. The van der Waals surface area contributed by atoms with Crippen molar-refractivity contribution in [3.63, 3.8) is 0 Å². The first kappa shape index (κ1) is 19.6. The molecule has 0 bridgehead atoms. The zero-order chi connectivity index (χ0) is 20.5. The van der Waals surface area contributed by atoms with E-state index >= 15 is 0 Å². The number of rotatable bonds is 5. The summed E-state index contributed by atoms with van der Waals surface area (Å²) in [6.45, 7) is 1.89. The molecule has 1 atom stereocenters. The smallest absolute Gasteiger partial charge is 0.242 e. The number of anilines is 1. The Morgan fingerprint density at radius 3 is 2.69 bits per heavy atom. The number of thioether (sulfide) groups is 1. The van der Waals surface area contributed by atoms with Crippen molar-refractivity contribution in [1.29, 1.82) is 0 Å². The van der Waals surface area contributed by atoms with Gasteiger partial charge in [0.15, 0.2) is 11.0 Å². The summed E-state index contributed by atoms with van der Waals surface area (Å²) in [6.07, 6.45) is 1.69. The Morgan fingerprint density at radius 2 is 2.00 bits per heavy atom. The number of nitrogens with one attached hydrogen (secondary N) is 1. The number of carbonyl (C=O) groups excluding carboxylic acids is 2. The summed E-state index contributed by atoms with van der Waals surface area (Å²) in [5, 5.41) is 2.57. The van der Waals surface area contributed by atoms with Gasteiger partial charge in [-0.15, -0.1) is 0 Å². The molecule has 2 aromatic rings. The van der Waals surface area contributed by atoms with E-state index in [4.69, 9.17) is 0 Å². The summed E-state index contributed by atoms with van der Waals surface area (Å²) in [6, 6.07) is 10.6. The van der Waals surface area contributed by atoms with Gasteiger partial charge in [0, 0.05) is 24.2 Å². The first-order valence-electron chi connectivity index (χ1n) is 9.31. The van der Waals surface area contributed by atoms with Gasteiger partial charge in [0.1, 0.15) is 16.8 Å². The summed E-state index contributed by atoms with van der Waals surface area (Å²) >= 11 is 1.15. The molecule has 0 aromatic heterocycles. The second-order valence-corrected chi connectivity index (χ2v) is 8.27. The molecular weight excluding hydrogens is 396 g/mol. The standard InChI is InChI=1S/C21H19F2N3O2S/c1-12-4-2-3-5-16(12)24-19(27)11-18-20(28)26(14-7-8-14)21(29-18)25-17-9-6-13(22)10-15(17)23/h2-6,9-10,14,18H,7-8,11H2,1H3,(H,24,27). The van der Waals surface area contributed by atoms with Gasteiger partial charge in [-0.05, 0) is 43.5 Å². The van der Waals surface area contributed by atoms with E-state index in [1.807, 2.05) is 25.1 Å². The zero-order valence-corrected chi connectivity index (χ0v) is 16.5. The molecule has 0 radical (unpaired) electrons. The summed E-state index contributed by atoms with van der Waals surface area (Å²) in [5.41, 5.74) is 1.60. The minimum absolute atomic E-state index is 0.00796. The minimum atomic E-state index is -0.790. The van der Waals surface area contributed by atoms with Crippen molar-refractivity contribution in [3.05, 3.63) is 59.7 Å². The molecule has 150 valence electrons. The predicted octanol–water partition coefficient (Wildman–Crippen LogP) is 4.40. The van der Waals surface area contributed by atoms with Crippen LogP contribution >= 0.6 is 11.8 Å². The van der Waals surface area contributed by atoms with E-state index in [2.05, 4.69) is 10.3 Å². The minimum Gasteiger partial charge on any atom is -0.326 e. The summed E-state index contributed by atoms with van der Waals surface area (Å²) in [4.78, 5) is 31.2. The van der Waals surface area contributed by atoms with Gasteiger partial charge >= 0.3 is 0 Å². The Morgan fingerprint density at radius 1 is 1.24 bits per heavy atom. The second-order valence-electron chi connectivity index (χ2n) is 7.10. The first-order valence-corrected chi connectivity index (χ1v) is 10.2. The van der Waals surface area contributed by atoms with E-state index in [0.29, 0.717) is 10.9 Å². The number of halogens is 2. The lowest BCUT2D eigenvalue weighted by Gasteiger charge is -2.15. The largest absolute Gasteiger partial charge is 0.326 e. The van der Waals surface area contributed by atoms with Crippen LogP contribution in [0.3, 0.4) is 0 Å². The lowest BCUT2D eigenvalue weighted by Crippen LogP contribution is -2.35. The third-order valence-corrected chi connectivity index (χ3v) is 5.95. The van der Waals surface area contributed by atoms with Crippen LogP contribution in [0.5, 0.6) is 0 Å². The van der Waals surface area contributed by atoms with E-state index in [1.165, 1.54) is 6.07 Å². The third kappa shape index (κ3) is 4.32. The maximum Gasteiger partial charge on any atom is 0.242 e. The predicted molar refractivity (Wildman–Crippen MR) is 109 cm³/mol. The van der Waals surface area contributed by atoms with Crippen molar-refractivity contribution in [3.8, 4) is 0 Å². The maximum atomic E-state index is 14.0. The van der Waals surface area contributed by atoms with Crippen LogP contribution in [0.1, 0.15) is 24.8 Å². The Kier molecular flexibility index (Phi) is 5.36. The molecule has 5 nitrogen and oxygen atoms in total. The SMILES string of the molecule is Cc1ccccc1NC(=O)CC1SC(=Nc2ccc(F)cc2F)N(C2CC2)C1=O. The van der Waals surface area contributed by atoms with Crippen molar-refractivity contribution < 1.29 is 18.4 Å². The van der Waals surface area contributed by atoms with Gasteiger partial charge in [0.25, 0.3) is 0 Å². The normalized spacial score (nSPS) is 20.4. The first-order chi connectivity index (χ1) is 13.9. The van der Waals surface area contributed by atoms with Gasteiger partial charge in [-0.3, -0.25) is 14.5 Å². The Labute approximate surface area is 171 Å². The van der Waals surface area contributed by atoms with Crippen LogP contribution in [-0.4, -0.2) is 33.2 Å². The Balaban J connectivity index is 1.52. The van der Waals surface area contributed by atoms with Gasteiger partial charge in [-0.1, -0.05) is 30.0 Å². The molecule has 2 aliphatic rings. The molecule has 1 heterocycles. The molecule has 0 spiro atoms. The number of hydrogen-bond acceptors (Lipinski definition) is 4. The summed E-state index contributed by atoms with van der Waals surface area (Å²) < 4.78 is 27.2. The van der Waals surface area contributed by atoms with E-state index in [1.54, 1.807) is 11.0 Å². The van der Waals surface area contributed by atoms with Crippen molar-refractivity contribution in [1.82, 2.24) is 4.90 Å². The third-order valence-electron chi connectivity index (χ3n) is 4.79. The summed E-state index contributed by atoms with van der Waals surface area (Å²) in [7, 11) is 0. The number of aliphatic imine (C=N–C) groups is 1. The van der Waals surface area contributed by atoms with Gasteiger partial charge in [0.05, 0.1) is 0 Å². The highest BCUT2D eigenvalue weighted by molar-refractivity contribution is 8.15. The highest BCUT2D eigenvalue weighted by Crippen LogP contribution is 2.39. The number of nitrogens with zero attached hydrogens (tertiary/aromatic N) is 2. The number of amides is 2. The number of aryl methyl sites for hydroxylation is 1. The highest BCUT2D eigenvalue weighted by Gasteiger charge is 2.46. The molecule has 1 unspecified atom stereocenters. The van der Waals surface area contributed by atoms with E-state index < -0.39 is 16.9 Å². The van der Waals surface area contributed by atoms with Gasteiger partial charge < -0.3 is 5.32 Å². The molecule has 2 fully saturated rings. The number of hydrogen-bond donors (Lipinski definition) is 1. The fourth-order valence-corrected chi connectivity index (χ4v) is 4.33. The molecule has 29 heavy (non-hydrogen) atoms. The molecule has 1 saturated heterocycles. The van der Waals surface area contributed by atoms with Crippen LogP contribution in [0.4, 0.5) is 20.2 Å². The van der Waals surface area contributed by atoms with Crippen molar-refractivity contribution in [2.75, 3.05) is 5.32 Å². The van der Waals surface area contributed by atoms with Crippen molar-refractivity contribution in [2.45, 2.75) is 37.5 Å². The number of carbonyl (C=O) groups is 2. The van der Waals surface area contributed by atoms with Crippen LogP contribution in [0.25, 0.3) is 0 Å². The van der Waals surface area contributed by atoms with Crippen molar-refractivity contribution in [2.24, 2.45) is 4.99 Å². The second kappa shape index (κ2) is 7.94. The fourth-order valence-electron chi connectivity index (χ4n) is 3.12. The van der Waals surface area contributed by atoms with Gasteiger partial charge in [-0.25, -0.2) is 13.8 Å². The number of amidine groups is 1. The van der Waals surface area contributed by atoms with Crippen molar-refractivity contribution >= 4 is 40.1 Å². The van der Waals surface area contributed by atoms with E-state index in [0.717, 1.165) is 42.3 Å². The van der Waals surface area contributed by atoms with Crippen LogP contribution in [0.15, 0.2) is 47.5 Å². The average molecular weight is 415 g/mol. The topological polar surface area (TPSA) is 61.8 Å². The highest BCUT2D eigenvalue weighted by atomic mass is 32.2. The zero-order valence-electron chi connectivity index (χ0n) is 15.7. The quantitative estimate of drug-likeness (QED) is 0.788. The molecule has 1 aliphatic carbocycles. The molecular formula is C21H19F2N3O2S. The van der Waals surface area contributed by atoms with Gasteiger partial charge in [-0.2, -0.15) is 0 Å². The van der Waals surface area contributed by atoms with Crippen LogP contribution in [0, 0.1) is 18.6 Å². The van der Waals surface area contributed by atoms with Crippen LogP contribution < -0.4 is 5.32 Å². The fraction of sp³-hybridized carbons (Fsp3) is 0.286. The Hall–Kier alpha value is -2.74. The molecule has 8 heteroatoms. The average Bonchev–Trinajstić information content (AvgIpc) is 3.45. The maximum absolute atomic E-state index is 14.0. The van der Waals surface area contributed by atoms with Gasteiger partial charge in [0.2, 0.25) is 11.8 Å². The van der Waals surface area contributed by atoms with E-state index in [9.17, 15) is 18.4 Å². The van der Waals surface area contributed by atoms with E-state index in [-0.39, 0.29) is 30.0 Å². The molecule has 4 rings (SSSR count). The van der Waals surface area contributed by atoms with Crippen LogP contribution in [-0.2, 0) is 9.59 Å². The lowest BCUT2D eigenvalue weighted by atomic mass is 10.2.